The highest BCUT2D eigenvalue weighted by Crippen LogP contribution is 2.21. The number of halogens is 4. The van der Waals surface area contributed by atoms with Crippen molar-refractivity contribution >= 4 is 34.8 Å². The molecule has 0 atom stereocenters. The van der Waals surface area contributed by atoms with Gasteiger partial charge in [0.1, 0.15) is 10.9 Å². The Labute approximate surface area is 128 Å². The van der Waals surface area contributed by atoms with E-state index in [1.807, 2.05) is 0 Å². The highest BCUT2D eigenvalue weighted by molar-refractivity contribution is 6.35. The van der Waals surface area contributed by atoms with E-state index in [4.69, 9.17) is 23.2 Å². The molecule has 21 heavy (non-hydrogen) atoms. The van der Waals surface area contributed by atoms with Gasteiger partial charge in [0.05, 0.1) is 10.6 Å². The molecule has 1 heterocycles. The zero-order chi connectivity index (χ0) is 15.4. The van der Waals surface area contributed by atoms with Gasteiger partial charge in [-0.05, 0) is 30.3 Å². The van der Waals surface area contributed by atoms with Crippen molar-refractivity contribution < 1.29 is 18.3 Å². The predicted molar refractivity (Wildman–Crippen MR) is 75.3 cm³/mol. The first-order chi connectivity index (χ1) is 9.95. The number of aromatic nitrogens is 1. The van der Waals surface area contributed by atoms with Gasteiger partial charge < -0.3 is 10.1 Å². The number of anilines is 1. The van der Waals surface area contributed by atoms with Gasteiger partial charge in [0, 0.05) is 11.9 Å². The topological polar surface area (TPSA) is 51.2 Å². The lowest BCUT2D eigenvalue weighted by molar-refractivity contribution is -0.0498. The maximum atomic E-state index is 12.0. The summed E-state index contributed by atoms with van der Waals surface area (Å²) in [5.74, 6) is -0.500. The number of alkyl halides is 2. The molecule has 0 fully saturated rings. The average Bonchev–Trinajstić information content (AvgIpc) is 2.43. The number of amides is 1. The van der Waals surface area contributed by atoms with Crippen molar-refractivity contribution in [1.29, 1.82) is 0 Å². The number of nitrogens with one attached hydrogen (secondary N) is 1. The minimum atomic E-state index is -2.90. The first-order valence-electron chi connectivity index (χ1n) is 5.63. The Bertz CT molecular complexity index is 651. The lowest BCUT2D eigenvalue weighted by atomic mass is 10.2. The number of benzene rings is 1. The summed E-state index contributed by atoms with van der Waals surface area (Å²) in [6.45, 7) is -2.90. The highest BCUT2D eigenvalue weighted by atomic mass is 35.5. The van der Waals surface area contributed by atoms with Crippen molar-refractivity contribution in [2.75, 3.05) is 5.32 Å². The smallest absolute Gasteiger partial charge is 0.387 e. The molecule has 1 amide bonds. The summed E-state index contributed by atoms with van der Waals surface area (Å²) in [6.07, 6.45) is 1.26. The molecule has 0 aliphatic heterocycles. The molecule has 0 spiro atoms. The molecule has 0 aliphatic carbocycles. The molecule has 0 aliphatic rings. The number of nitrogens with zero attached hydrogens (tertiary/aromatic N) is 1. The maximum Gasteiger partial charge on any atom is 0.387 e. The summed E-state index contributed by atoms with van der Waals surface area (Å²) in [5.41, 5.74) is 0.551. The normalized spacial score (nSPS) is 10.5. The summed E-state index contributed by atoms with van der Waals surface area (Å²) >= 11 is 11.6. The third-order valence-electron chi connectivity index (χ3n) is 2.40. The zero-order valence-electron chi connectivity index (χ0n) is 10.3. The second-order valence-electron chi connectivity index (χ2n) is 3.84. The van der Waals surface area contributed by atoms with E-state index in [0.29, 0.717) is 5.69 Å². The highest BCUT2D eigenvalue weighted by Gasteiger charge is 2.12. The number of ether oxygens (including phenoxy) is 1. The van der Waals surface area contributed by atoms with Crippen molar-refractivity contribution in [1.82, 2.24) is 4.98 Å². The van der Waals surface area contributed by atoms with Gasteiger partial charge in [0.15, 0.2) is 0 Å². The lowest BCUT2D eigenvalue weighted by Gasteiger charge is -2.08. The molecule has 1 aromatic heterocycles. The van der Waals surface area contributed by atoms with Crippen LogP contribution < -0.4 is 10.1 Å². The van der Waals surface area contributed by atoms with Crippen LogP contribution in [0.5, 0.6) is 5.75 Å². The number of carbonyl (C=O) groups is 1. The van der Waals surface area contributed by atoms with Gasteiger partial charge in [-0.25, -0.2) is 4.98 Å². The quantitative estimate of drug-likeness (QED) is 0.852. The maximum absolute atomic E-state index is 12.0. The second-order valence-corrected chi connectivity index (χ2v) is 4.64. The molecule has 1 aromatic carbocycles. The third-order valence-corrected chi connectivity index (χ3v) is 2.91. The molecule has 8 heteroatoms. The first-order valence-corrected chi connectivity index (χ1v) is 6.38. The van der Waals surface area contributed by atoms with E-state index in [1.54, 1.807) is 0 Å². The van der Waals surface area contributed by atoms with E-state index in [1.165, 1.54) is 36.5 Å². The monoisotopic (exact) mass is 332 g/mol. The van der Waals surface area contributed by atoms with Crippen LogP contribution >= 0.6 is 23.2 Å². The standard InChI is InChI=1S/C13H8Cl2F2N2O2/c14-10-6-18-11(15)5-9(10)12(20)19-7-1-3-8(4-2-7)21-13(16)17/h1-6,13H,(H,19,20). The van der Waals surface area contributed by atoms with Crippen LogP contribution in [0.25, 0.3) is 0 Å². The van der Waals surface area contributed by atoms with Crippen LogP contribution in [0.3, 0.4) is 0 Å². The van der Waals surface area contributed by atoms with E-state index < -0.39 is 12.5 Å². The van der Waals surface area contributed by atoms with Crippen LogP contribution in [-0.2, 0) is 0 Å². The van der Waals surface area contributed by atoms with Crippen LogP contribution in [0.2, 0.25) is 10.2 Å². The van der Waals surface area contributed by atoms with Crippen molar-refractivity contribution in [2.45, 2.75) is 6.61 Å². The largest absolute Gasteiger partial charge is 0.435 e. The molecule has 4 nitrogen and oxygen atoms in total. The summed E-state index contributed by atoms with van der Waals surface area (Å²) in [4.78, 5) is 15.8. The molecule has 0 saturated heterocycles. The molecule has 110 valence electrons. The summed E-state index contributed by atoms with van der Waals surface area (Å²) in [5, 5.41) is 2.83. The molecule has 0 bridgehead atoms. The van der Waals surface area contributed by atoms with Gasteiger partial charge in [-0.1, -0.05) is 23.2 Å². The van der Waals surface area contributed by atoms with E-state index >= 15 is 0 Å². The van der Waals surface area contributed by atoms with E-state index in [0.717, 1.165) is 0 Å². The Balaban J connectivity index is 2.10. The van der Waals surface area contributed by atoms with E-state index in [9.17, 15) is 13.6 Å². The fourth-order valence-corrected chi connectivity index (χ4v) is 1.85. The van der Waals surface area contributed by atoms with Gasteiger partial charge in [-0.15, -0.1) is 0 Å². The van der Waals surface area contributed by atoms with E-state index in [-0.39, 0.29) is 21.5 Å². The minimum absolute atomic E-state index is 0.00649. The third kappa shape index (κ3) is 4.27. The molecule has 1 N–H and O–H groups in total. The van der Waals surface area contributed by atoms with Crippen LogP contribution in [0.1, 0.15) is 10.4 Å². The summed E-state index contributed by atoms with van der Waals surface area (Å²) in [7, 11) is 0. The number of hydrogen-bond acceptors (Lipinski definition) is 3. The van der Waals surface area contributed by atoms with E-state index in [2.05, 4.69) is 15.0 Å². The fraction of sp³-hybridized carbons (Fsp3) is 0.0769. The van der Waals surface area contributed by atoms with Crippen LogP contribution in [-0.4, -0.2) is 17.5 Å². The summed E-state index contributed by atoms with van der Waals surface area (Å²) < 4.78 is 28.2. The van der Waals surface area contributed by atoms with Gasteiger partial charge >= 0.3 is 6.61 Å². The Morgan fingerprint density at radius 3 is 2.52 bits per heavy atom. The number of rotatable bonds is 4. The van der Waals surface area contributed by atoms with Crippen molar-refractivity contribution in [3.05, 3.63) is 52.3 Å². The zero-order valence-corrected chi connectivity index (χ0v) is 11.8. The van der Waals surface area contributed by atoms with Crippen molar-refractivity contribution in [2.24, 2.45) is 0 Å². The lowest BCUT2D eigenvalue weighted by Crippen LogP contribution is -2.12. The molecule has 2 aromatic rings. The second kappa shape index (κ2) is 6.69. The Hall–Kier alpha value is -1.92. The Morgan fingerprint density at radius 2 is 1.90 bits per heavy atom. The van der Waals surface area contributed by atoms with Gasteiger partial charge in [-0.3, -0.25) is 4.79 Å². The fourth-order valence-electron chi connectivity index (χ4n) is 1.51. The molecule has 0 saturated carbocycles. The van der Waals surface area contributed by atoms with Crippen molar-refractivity contribution in [3.63, 3.8) is 0 Å². The minimum Gasteiger partial charge on any atom is -0.435 e. The molecule has 2 rings (SSSR count). The van der Waals surface area contributed by atoms with Crippen LogP contribution in [0.15, 0.2) is 36.5 Å². The predicted octanol–water partition coefficient (Wildman–Crippen LogP) is 4.24. The Morgan fingerprint density at radius 1 is 1.24 bits per heavy atom. The number of pyridine rings is 1. The van der Waals surface area contributed by atoms with Gasteiger partial charge in [0.2, 0.25) is 0 Å². The molecule has 0 radical (unpaired) electrons. The summed E-state index contributed by atoms with van der Waals surface area (Å²) in [6, 6.07) is 6.79. The SMILES string of the molecule is O=C(Nc1ccc(OC(F)F)cc1)c1cc(Cl)ncc1Cl. The molecular weight excluding hydrogens is 325 g/mol. The Kier molecular flexibility index (Phi) is 4.93. The first kappa shape index (κ1) is 15.5. The van der Waals surface area contributed by atoms with Gasteiger partial charge in [0.25, 0.3) is 5.91 Å². The van der Waals surface area contributed by atoms with Crippen LogP contribution in [0, 0.1) is 0 Å². The molecular formula is C13H8Cl2F2N2O2. The van der Waals surface area contributed by atoms with Crippen LogP contribution in [0.4, 0.5) is 14.5 Å². The number of hydrogen-bond donors (Lipinski definition) is 1. The average molecular weight is 333 g/mol. The van der Waals surface area contributed by atoms with Crippen molar-refractivity contribution in [3.8, 4) is 5.75 Å². The molecule has 0 unspecified atom stereocenters. The number of carbonyl (C=O) groups excluding carboxylic acids is 1. The van der Waals surface area contributed by atoms with Gasteiger partial charge in [-0.2, -0.15) is 8.78 Å².